The summed E-state index contributed by atoms with van der Waals surface area (Å²) in [6.07, 6.45) is -1.53. The minimum absolute atomic E-state index is 0.113. The number of nitrogens with zero attached hydrogens (tertiary/aromatic N) is 2. The summed E-state index contributed by atoms with van der Waals surface area (Å²) in [5.74, 6) is 0. The number of oxime groups is 1. The van der Waals surface area contributed by atoms with Gasteiger partial charge in [0, 0.05) is 23.2 Å². The zero-order valence-electron chi connectivity index (χ0n) is 11.1. The number of rotatable bonds is 3. The highest BCUT2D eigenvalue weighted by atomic mass is 35.5. The van der Waals surface area contributed by atoms with E-state index in [1.54, 1.807) is 0 Å². The molecule has 0 aliphatic rings. The lowest BCUT2D eigenvalue weighted by atomic mass is 10.1. The molecule has 0 unspecified atom stereocenters. The van der Waals surface area contributed by atoms with Gasteiger partial charge in [-0.1, -0.05) is 41.0 Å². The lowest BCUT2D eigenvalue weighted by Gasteiger charge is -2.12. The van der Waals surface area contributed by atoms with Crippen molar-refractivity contribution in [2.45, 2.75) is 6.54 Å². The standard InChI is InChI=1S/C10H11ClN2O3/c1-13(10(14)15)6-7-2-4-8(5-3-7)9(11)12-16/h2-5,16H,6H2,1H3,(H,14,15)/i1D3. The SMILES string of the molecule is [2H]C([2H])([2H])N(Cc1ccc(C(Cl)=NO)cc1)C(=O)O. The van der Waals surface area contributed by atoms with Gasteiger partial charge < -0.3 is 15.2 Å². The Bertz CT molecular complexity index is 488. The highest BCUT2D eigenvalue weighted by Crippen LogP contribution is 2.09. The van der Waals surface area contributed by atoms with Crippen molar-refractivity contribution in [3.63, 3.8) is 0 Å². The van der Waals surface area contributed by atoms with E-state index < -0.39 is 13.1 Å². The molecule has 0 fully saturated rings. The summed E-state index contributed by atoms with van der Waals surface area (Å²) in [4.78, 5) is 11.2. The Labute approximate surface area is 102 Å². The summed E-state index contributed by atoms with van der Waals surface area (Å²) in [6, 6.07) is 6.00. The predicted octanol–water partition coefficient (Wildman–Crippen LogP) is 2.17. The van der Waals surface area contributed by atoms with Gasteiger partial charge in [-0.2, -0.15) is 0 Å². The summed E-state index contributed by atoms with van der Waals surface area (Å²) in [5.41, 5.74) is 0.911. The van der Waals surface area contributed by atoms with E-state index in [0.717, 1.165) is 0 Å². The van der Waals surface area contributed by atoms with Gasteiger partial charge in [-0.15, -0.1) is 0 Å². The van der Waals surface area contributed by atoms with E-state index in [1.165, 1.54) is 24.3 Å². The largest absolute Gasteiger partial charge is 0.465 e. The number of halogens is 1. The van der Waals surface area contributed by atoms with E-state index in [4.69, 9.17) is 26.0 Å². The average molecular weight is 246 g/mol. The highest BCUT2D eigenvalue weighted by Gasteiger charge is 2.06. The van der Waals surface area contributed by atoms with Crippen LogP contribution in [0.15, 0.2) is 29.4 Å². The van der Waals surface area contributed by atoms with Crippen LogP contribution in [-0.4, -0.2) is 33.5 Å². The van der Waals surface area contributed by atoms with Gasteiger partial charge in [0.2, 0.25) is 0 Å². The van der Waals surface area contributed by atoms with Gasteiger partial charge in [-0.25, -0.2) is 4.79 Å². The van der Waals surface area contributed by atoms with Crippen LogP contribution >= 0.6 is 11.6 Å². The van der Waals surface area contributed by atoms with Crippen molar-refractivity contribution in [2.24, 2.45) is 5.16 Å². The van der Waals surface area contributed by atoms with Crippen molar-refractivity contribution >= 4 is 22.9 Å². The van der Waals surface area contributed by atoms with Gasteiger partial charge in [-0.3, -0.25) is 0 Å². The van der Waals surface area contributed by atoms with Crippen molar-refractivity contribution in [1.29, 1.82) is 0 Å². The molecule has 0 aromatic heterocycles. The lowest BCUT2D eigenvalue weighted by molar-refractivity contribution is 0.154. The minimum Gasteiger partial charge on any atom is -0.465 e. The summed E-state index contributed by atoms with van der Waals surface area (Å²) >= 11 is 5.58. The summed E-state index contributed by atoms with van der Waals surface area (Å²) in [5, 5.41) is 20.0. The maximum atomic E-state index is 10.9. The molecule has 0 heterocycles. The minimum atomic E-state index is -2.73. The second kappa shape index (κ2) is 5.37. The molecule has 1 rings (SSSR count). The molecule has 0 bridgehead atoms. The third kappa shape index (κ3) is 3.13. The fourth-order valence-corrected chi connectivity index (χ4v) is 1.18. The number of carboxylic acid groups (broad SMARTS) is 1. The van der Waals surface area contributed by atoms with Crippen LogP contribution in [0.1, 0.15) is 15.2 Å². The van der Waals surface area contributed by atoms with Gasteiger partial charge in [0.25, 0.3) is 0 Å². The Kier molecular flexibility index (Phi) is 2.82. The van der Waals surface area contributed by atoms with Crippen molar-refractivity contribution in [3.05, 3.63) is 35.4 Å². The molecule has 16 heavy (non-hydrogen) atoms. The molecule has 1 amide bonds. The summed E-state index contributed by atoms with van der Waals surface area (Å²) in [6.45, 7) is -3.01. The Balaban J connectivity index is 2.90. The zero-order chi connectivity index (χ0) is 14.6. The first-order chi connectivity index (χ1) is 8.75. The van der Waals surface area contributed by atoms with Crippen molar-refractivity contribution in [3.8, 4) is 0 Å². The molecule has 0 spiro atoms. The van der Waals surface area contributed by atoms with Gasteiger partial charge in [-0.05, 0) is 5.56 Å². The predicted molar refractivity (Wildman–Crippen MR) is 60.1 cm³/mol. The molecule has 0 aliphatic carbocycles. The van der Waals surface area contributed by atoms with Crippen LogP contribution in [0, 0.1) is 0 Å². The first-order valence-electron chi connectivity index (χ1n) is 5.73. The Morgan fingerprint density at radius 3 is 2.62 bits per heavy atom. The molecule has 0 atom stereocenters. The molecule has 0 saturated heterocycles. The topological polar surface area (TPSA) is 73.1 Å². The highest BCUT2D eigenvalue weighted by molar-refractivity contribution is 6.69. The molecule has 5 nitrogen and oxygen atoms in total. The Morgan fingerprint density at radius 2 is 2.19 bits per heavy atom. The molecular formula is C10H11ClN2O3. The van der Waals surface area contributed by atoms with Crippen LogP contribution < -0.4 is 0 Å². The van der Waals surface area contributed by atoms with E-state index in [-0.39, 0.29) is 11.7 Å². The normalized spacial score (nSPS) is 14.8. The molecule has 86 valence electrons. The number of benzene rings is 1. The maximum absolute atomic E-state index is 10.9. The average Bonchev–Trinajstić information content (AvgIpc) is 2.34. The van der Waals surface area contributed by atoms with E-state index in [0.29, 0.717) is 16.0 Å². The van der Waals surface area contributed by atoms with Gasteiger partial charge >= 0.3 is 6.09 Å². The lowest BCUT2D eigenvalue weighted by Crippen LogP contribution is -2.23. The Morgan fingerprint density at radius 1 is 1.56 bits per heavy atom. The summed E-state index contributed by atoms with van der Waals surface area (Å²) in [7, 11) is 0. The number of hydrogen-bond donors (Lipinski definition) is 2. The first kappa shape index (κ1) is 8.41. The van der Waals surface area contributed by atoms with Crippen LogP contribution in [-0.2, 0) is 6.54 Å². The molecule has 6 heteroatoms. The van der Waals surface area contributed by atoms with Crippen LogP contribution in [0.5, 0.6) is 0 Å². The van der Waals surface area contributed by atoms with Crippen LogP contribution in [0.4, 0.5) is 4.79 Å². The Hall–Kier alpha value is -1.75. The molecule has 0 saturated carbocycles. The smallest absolute Gasteiger partial charge is 0.407 e. The van der Waals surface area contributed by atoms with Crippen molar-refractivity contribution < 1.29 is 19.2 Å². The second-order valence-corrected chi connectivity index (χ2v) is 3.31. The molecule has 0 radical (unpaired) electrons. The third-order valence-electron chi connectivity index (χ3n) is 1.85. The van der Waals surface area contributed by atoms with Gasteiger partial charge in [0.1, 0.15) is 0 Å². The number of hydrogen-bond acceptors (Lipinski definition) is 3. The fourth-order valence-electron chi connectivity index (χ4n) is 1.06. The van der Waals surface area contributed by atoms with E-state index in [1.807, 2.05) is 0 Å². The molecular weight excluding hydrogens is 232 g/mol. The fraction of sp³-hybridized carbons (Fsp3) is 0.200. The van der Waals surface area contributed by atoms with Crippen LogP contribution in [0.25, 0.3) is 0 Å². The van der Waals surface area contributed by atoms with E-state index in [9.17, 15) is 4.79 Å². The molecule has 0 aliphatic heterocycles. The third-order valence-corrected chi connectivity index (χ3v) is 2.15. The van der Waals surface area contributed by atoms with E-state index in [2.05, 4.69) is 5.16 Å². The van der Waals surface area contributed by atoms with Crippen LogP contribution in [0.2, 0.25) is 0 Å². The first-order valence-corrected chi connectivity index (χ1v) is 4.61. The van der Waals surface area contributed by atoms with E-state index >= 15 is 0 Å². The molecule has 2 N–H and O–H groups in total. The quantitative estimate of drug-likeness (QED) is 0.487. The van der Waals surface area contributed by atoms with Crippen molar-refractivity contribution in [2.75, 3.05) is 6.98 Å². The van der Waals surface area contributed by atoms with Crippen molar-refractivity contribution in [1.82, 2.24) is 4.90 Å². The zero-order valence-corrected chi connectivity index (χ0v) is 8.85. The summed E-state index contributed by atoms with van der Waals surface area (Å²) < 4.78 is 21.3. The monoisotopic (exact) mass is 245 g/mol. The van der Waals surface area contributed by atoms with Crippen LogP contribution in [0.3, 0.4) is 0 Å². The maximum Gasteiger partial charge on any atom is 0.407 e. The number of carbonyl (C=O) groups is 1. The molecule has 1 aromatic carbocycles. The van der Waals surface area contributed by atoms with Gasteiger partial charge in [0.05, 0.1) is 0 Å². The molecule has 1 aromatic rings. The second-order valence-electron chi connectivity index (χ2n) is 2.96. The number of amides is 1. The van der Waals surface area contributed by atoms with Gasteiger partial charge in [0.15, 0.2) is 5.17 Å².